The SMILES string of the molecule is CCC(N)C(OC1CCC(C)(C)CC1)c1cccc(Br)c1. The zero-order chi connectivity index (χ0) is 15.5. The van der Waals surface area contributed by atoms with Crippen LogP contribution in [0.15, 0.2) is 28.7 Å². The van der Waals surface area contributed by atoms with Crippen LogP contribution in [0.2, 0.25) is 0 Å². The second-order valence-corrected chi connectivity index (χ2v) is 7.96. The van der Waals surface area contributed by atoms with E-state index >= 15 is 0 Å². The summed E-state index contributed by atoms with van der Waals surface area (Å²) in [5.74, 6) is 0. The smallest absolute Gasteiger partial charge is 0.0979 e. The minimum absolute atomic E-state index is 0.00119. The summed E-state index contributed by atoms with van der Waals surface area (Å²) < 4.78 is 7.52. The highest BCUT2D eigenvalue weighted by atomic mass is 79.9. The Labute approximate surface area is 137 Å². The van der Waals surface area contributed by atoms with Crippen LogP contribution in [0.4, 0.5) is 0 Å². The third kappa shape index (κ3) is 4.80. The zero-order valence-corrected chi connectivity index (χ0v) is 15.0. The van der Waals surface area contributed by atoms with E-state index in [-0.39, 0.29) is 12.1 Å². The molecule has 0 radical (unpaired) electrons. The first-order valence-electron chi connectivity index (χ1n) is 8.08. The third-order valence-electron chi connectivity index (χ3n) is 4.66. The Balaban J connectivity index is 2.07. The Morgan fingerprint density at radius 3 is 2.57 bits per heavy atom. The lowest BCUT2D eigenvalue weighted by Crippen LogP contribution is -2.35. The van der Waals surface area contributed by atoms with E-state index in [0.29, 0.717) is 11.5 Å². The topological polar surface area (TPSA) is 35.2 Å². The summed E-state index contributed by atoms with van der Waals surface area (Å²) in [6.07, 6.45) is 6.05. The maximum atomic E-state index is 6.43. The molecule has 2 N–H and O–H groups in total. The van der Waals surface area contributed by atoms with Gasteiger partial charge in [-0.25, -0.2) is 0 Å². The first-order valence-corrected chi connectivity index (χ1v) is 8.87. The van der Waals surface area contributed by atoms with Gasteiger partial charge in [0, 0.05) is 10.5 Å². The van der Waals surface area contributed by atoms with Crippen molar-refractivity contribution in [3.8, 4) is 0 Å². The first-order chi connectivity index (χ1) is 9.91. The number of benzene rings is 1. The molecule has 21 heavy (non-hydrogen) atoms. The number of hydrogen-bond donors (Lipinski definition) is 1. The van der Waals surface area contributed by atoms with E-state index in [1.807, 2.05) is 6.07 Å². The van der Waals surface area contributed by atoms with Gasteiger partial charge in [0.1, 0.15) is 0 Å². The maximum Gasteiger partial charge on any atom is 0.0979 e. The largest absolute Gasteiger partial charge is 0.369 e. The Hall–Kier alpha value is -0.380. The van der Waals surface area contributed by atoms with Crippen LogP contribution >= 0.6 is 15.9 Å². The van der Waals surface area contributed by atoms with Crippen LogP contribution in [-0.4, -0.2) is 12.1 Å². The lowest BCUT2D eigenvalue weighted by molar-refractivity contribution is -0.0575. The monoisotopic (exact) mass is 353 g/mol. The van der Waals surface area contributed by atoms with Gasteiger partial charge in [-0.05, 0) is 55.2 Å². The Kier molecular flexibility index (Phi) is 5.87. The molecule has 1 saturated carbocycles. The van der Waals surface area contributed by atoms with Crippen molar-refractivity contribution in [3.05, 3.63) is 34.3 Å². The highest BCUT2D eigenvalue weighted by Crippen LogP contribution is 2.38. The number of hydrogen-bond acceptors (Lipinski definition) is 2. The number of nitrogens with two attached hydrogens (primary N) is 1. The van der Waals surface area contributed by atoms with E-state index in [2.05, 4.69) is 54.9 Å². The molecule has 0 amide bonds. The molecule has 1 fully saturated rings. The van der Waals surface area contributed by atoms with Crippen molar-refractivity contribution in [1.29, 1.82) is 0 Å². The third-order valence-corrected chi connectivity index (χ3v) is 5.16. The summed E-state index contributed by atoms with van der Waals surface area (Å²) in [5.41, 5.74) is 7.98. The first kappa shape index (κ1) is 17.0. The van der Waals surface area contributed by atoms with Crippen molar-refractivity contribution in [2.45, 2.75) is 71.1 Å². The zero-order valence-electron chi connectivity index (χ0n) is 13.4. The fourth-order valence-electron chi connectivity index (χ4n) is 3.04. The molecule has 2 rings (SSSR count). The van der Waals surface area contributed by atoms with Crippen LogP contribution in [0.3, 0.4) is 0 Å². The molecule has 0 aromatic heterocycles. The molecule has 118 valence electrons. The lowest BCUT2D eigenvalue weighted by atomic mass is 9.76. The van der Waals surface area contributed by atoms with Crippen LogP contribution in [0, 0.1) is 5.41 Å². The van der Waals surface area contributed by atoms with Gasteiger partial charge < -0.3 is 10.5 Å². The molecule has 2 nitrogen and oxygen atoms in total. The lowest BCUT2D eigenvalue weighted by Gasteiger charge is -2.37. The molecule has 0 heterocycles. The highest BCUT2D eigenvalue weighted by Gasteiger charge is 2.30. The van der Waals surface area contributed by atoms with E-state index in [4.69, 9.17) is 10.5 Å². The van der Waals surface area contributed by atoms with Gasteiger partial charge in [0.2, 0.25) is 0 Å². The van der Waals surface area contributed by atoms with E-state index in [9.17, 15) is 0 Å². The normalized spacial score (nSPS) is 22.0. The fraction of sp³-hybridized carbons (Fsp3) is 0.667. The van der Waals surface area contributed by atoms with Crippen molar-refractivity contribution in [2.24, 2.45) is 11.1 Å². The Bertz CT molecular complexity index is 450. The second kappa shape index (κ2) is 7.26. The summed E-state index contributed by atoms with van der Waals surface area (Å²) in [7, 11) is 0. The van der Waals surface area contributed by atoms with Crippen molar-refractivity contribution < 1.29 is 4.74 Å². The van der Waals surface area contributed by atoms with Crippen LogP contribution < -0.4 is 5.73 Å². The molecule has 1 aliphatic rings. The van der Waals surface area contributed by atoms with Gasteiger partial charge in [0.25, 0.3) is 0 Å². The Morgan fingerprint density at radius 1 is 1.33 bits per heavy atom. The van der Waals surface area contributed by atoms with Gasteiger partial charge in [-0.15, -0.1) is 0 Å². The fourth-order valence-corrected chi connectivity index (χ4v) is 3.46. The number of halogens is 1. The minimum atomic E-state index is -0.00119. The molecule has 2 atom stereocenters. The summed E-state index contributed by atoms with van der Waals surface area (Å²) in [6.45, 7) is 6.84. The Morgan fingerprint density at radius 2 is 2.00 bits per heavy atom. The molecular weight excluding hydrogens is 326 g/mol. The van der Waals surface area contributed by atoms with Crippen molar-refractivity contribution in [1.82, 2.24) is 0 Å². The molecule has 0 aliphatic heterocycles. The van der Waals surface area contributed by atoms with Gasteiger partial charge in [-0.1, -0.05) is 48.8 Å². The summed E-state index contributed by atoms with van der Waals surface area (Å²) in [6, 6.07) is 8.41. The van der Waals surface area contributed by atoms with Crippen LogP contribution in [0.1, 0.15) is 64.5 Å². The molecule has 0 saturated heterocycles. The number of ether oxygens (including phenoxy) is 1. The van der Waals surface area contributed by atoms with Crippen LogP contribution in [-0.2, 0) is 4.74 Å². The molecule has 0 bridgehead atoms. The quantitative estimate of drug-likeness (QED) is 0.787. The predicted octanol–water partition coefficient (Wildman–Crippen LogP) is 5.21. The minimum Gasteiger partial charge on any atom is -0.369 e. The van der Waals surface area contributed by atoms with E-state index in [0.717, 1.165) is 23.7 Å². The molecule has 1 aromatic carbocycles. The summed E-state index contributed by atoms with van der Waals surface area (Å²) >= 11 is 3.55. The van der Waals surface area contributed by atoms with E-state index in [1.54, 1.807) is 0 Å². The standard InChI is InChI=1S/C18H28BrNO/c1-4-16(20)17(13-6-5-7-14(19)12-13)21-15-8-10-18(2,3)11-9-15/h5-7,12,15-17H,4,8-11,20H2,1-3H3. The van der Waals surface area contributed by atoms with Gasteiger partial charge in [-0.2, -0.15) is 0 Å². The highest BCUT2D eigenvalue weighted by molar-refractivity contribution is 9.10. The molecule has 1 aromatic rings. The van der Waals surface area contributed by atoms with Gasteiger partial charge >= 0.3 is 0 Å². The van der Waals surface area contributed by atoms with E-state index in [1.165, 1.54) is 18.4 Å². The summed E-state index contributed by atoms with van der Waals surface area (Å²) in [4.78, 5) is 0. The molecule has 3 heteroatoms. The summed E-state index contributed by atoms with van der Waals surface area (Å²) in [5, 5.41) is 0. The van der Waals surface area contributed by atoms with Gasteiger partial charge in [-0.3, -0.25) is 0 Å². The van der Waals surface area contributed by atoms with Crippen LogP contribution in [0.25, 0.3) is 0 Å². The second-order valence-electron chi connectivity index (χ2n) is 7.05. The van der Waals surface area contributed by atoms with Gasteiger partial charge in [0.15, 0.2) is 0 Å². The molecule has 0 spiro atoms. The average Bonchev–Trinajstić information content (AvgIpc) is 2.45. The molecule has 1 aliphatic carbocycles. The van der Waals surface area contributed by atoms with Crippen molar-refractivity contribution in [3.63, 3.8) is 0 Å². The predicted molar refractivity (Wildman–Crippen MR) is 92.3 cm³/mol. The van der Waals surface area contributed by atoms with Crippen molar-refractivity contribution in [2.75, 3.05) is 0 Å². The van der Waals surface area contributed by atoms with Gasteiger partial charge in [0.05, 0.1) is 12.2 Å². The van der Waals surface area contributed by atoms with Crippen molar-refractivity contribution >= 4 is 15.9 Å². The molecular formula is C18H28BrNO. The van der Waals surface area contributed by atoms with E-state index < -0.39 is 0 Å². The number of rotatable bonds is 5. The van der Waals surface area contributed by atoms with Crippen LogP contribution in [0.5, 0.6) is 0 Å². The maximum absolute atomic E-state index is 6.43. The average molecular weight is 354 g/mol. The molecule has 2 unspecified atom stereocenters.